The lowest BCUT2D eigenvalue weighted by molar-refractivity contribution is 0.00987. The van der Waals surface area contributed by atoms with E-state index in [0.717, 1.165) is 24.5 Å². The van der Waals surface area contributed by atoms with E-state index in [4.69, 9.17) is 0 Å². The Bertz CT molecular complexity index is 1460. The van der Waals surface area contributed by atoms with Crippen molar-refractivity contribution in [1.29, 1.82) is 0 Å². The highest BCUT2D eigenvalue weighted by atomic mass is 19.1. The Morgan fingerprint density at radius 3 is 2.33 bits per heavy atom. The van der Waals surface area contributed by atoms with Gasteiger partial charge in [-0.1, -0.05) is 13.8 Å². The van der Waals surface area contributed by atoms with Crippen LogP contribution >= 0.6 is 0 Å². The third-order valence-electron chi connectivity index (χ3n) is 8.28. The number of hydrogen-bond donors (Lipinski definition) is 1. The monoisotopic (exact) mass is 620 g/mol. The molecule has 240 valence electrons. The van der Waals surface area contributed by atoms with Crippen molar-refractivity contribution in [2.24, 2.45) is 11.8 Å². The molecule has 0 radical (unpaired) electrons. The number of Topliss-reactive ketones (excluding diaryl/α,β-unsaturated/α-hetero) is 1. The molecule has 3 aromatic rings. The number of likely N-dealkylation sites (tertiary alicyclic amines) is 1. The van der Waals surface area contributed by atoms with Gasteiger partial charge in [-0.25, -0.2) is 13.8 Å². The molecule has 10 heteroatoms. The van der Waals surface area contributed by atoms with Gasteiger partial charge in [-0.05, 0) is 86.4 Å². The van der Waals surface area contributed by atoms with Crippen molar-refractivity contribution in [2.75, 3.05) is 26.2 Å². The van der Waals surface area contributed by atoms with Gasteiger partial charge in [0.1, 0.15) is 17.3 Å². The third kappa shape index (κ3) is 9.00. The fraction of sp³-hybridized carbons (Fsp3) is 0.457. The molecule has 3 atom stereocenters. The molecule has 0 unspecified atom stereocenters. The number of ketones is 1. The number of hydrogen-bond acceptors (Lipinski definition) is 6. The molecule has 1 fully saturated rings. The van der Waals surface area contributed by atoms with Gasteiger partial charge in [0.2, 0.25) is 0 Å². The summed E-state index contributed by atoms with van der Waals surface area (Å²) in [5.41, 5.74) is 2.05. The van der Waals surface area contributed by atoms with Crippen LogP contribution < -0.4 is 0 Å². The van der Waals surface area contributed by atoms with Crippen molar-refractivity contribution in [3.05, 3.63) is 94.6 Å². The summed E-state index contributed by atoms with van der Waals surface area (Å²) >= 11 is 0. The van der Waals surface area contributed by atoms with E-state index in [-0.39, 0.29) is 48.6 Å². The standard InChI is InChI=1S/C35H42F2N4O4/c1-4-10-40(11-5-2)34(44)28-14-23(3)13-26(18-28)32(42)19-27(15-24-16-29(36)20-30(37)17-24)33(43)25-7-6-12-41(22-25)35(45)31-21-38-8-9-39-31/h8-9,13-14,16-18,20-21,25,27,33,43H,4-7,10-12,15,19,22H2,1-3H3/t25-,27-,33-/m1/s1. The van der Waals surface area contributed by atoms with Crippen molar-refractivity contribution < 1.29 is 28.3 Å². The molecule has 2 heterocycles. The summed E-state index contributed by atoms with van der Waals surface area (Å²) in [5.74, 6) is -3.28. The Labute approximate surface area is 263 Å². The van der Waals surface area contributed by atoms with Crippen molar-refractivity contribution in [2.45, 2.75) is 65.4 Å². The summed E-state index contributed by atoms with van der Waals surface area (Å²) in [5, 5.41) is 11.7. The van der Waals surface area contributed by atoms with Crippen molar-refractivity contribution >= 4 is 17.6 Å². The first kappa shape index (κ1) is 33.8. The summed E-state index contributed by atoms with van der Waals surface area (Å²) in [6.07, 6.45) is 6.08. The van der Waals surface area contributed by atoms with Crippen molar-refractivity contribution in [3.8, 4) is 0 Å². The Hall–Kier alpha value is -4.05. The zero-order valence-corrected chi connectivity index (χ0v) is 26.2. The highest BCUT2D eigenvalue weighted by Crippen LogP contribution is 2.30. The van der Waals surface area contributed by atoms with Crippen LogP contribution in [-0.4, -0.2) is 74.8 Å². The van der Waals surface area contributed by atoms with Crippen LogP contribution in [0.4, 0.5) is 8.78 Å². The molecule has 0 bridgehead atoms. The number of aliphatic hydroxyl groups is 1. The van der Waals surface area contributed by atoms with Gasteiger partial charge in [0.05, 0.1) is 12.3 Å². The molecule has 2 amide bonds. The molecule has 1 saturated heterocycles. The van der Waals surface area contributed by atoms with Crippen LogP contribution in [0.2, 0.25) is 0 Å². The van der Waals surface area contributed by atoms with Gasteiger partial charge < -0.3 is 14.9 Å². The SMILES string of the molecule is CCCN(CCC)C(=O)c1cc(C)cc(C(=O)C[C@@H](Cc2cc(F)cc(F)c2)[C@H](O)[C@@H]2CCCN(C(=O)c3cnccn3)C2)c1. The number of amides is 2. The minimum absolute atomic E-state index is 0.0502. The minimum atomic E-state index is -1.05. The zero-order chi connectivity index (χ0) is 32.5. The summed E-state index contributed by atoms with van der Waals surface area (Å²) in [6.45, 7) is 7.80. The van der Waals surface area contributed by atoms with Gasteiger partial charge in [0.25, 0.3) is 11.8 Å². The molecule has 2 aromatic carbocycles. The van der Waals surface area contributed by atoms with Gasteiger partial charge in [-0.2, -0.15) is 0 Å². The van der Waals surface area contributed by atoms with E-state index >= 15 is 0 Å². The molecule has 1 aliphatic heterocycles. The highest BCUT2D eigenvalue weighted by Gasteiger charge is 2.35. The maximum atomic E-state index is 14.1. The second kappa shape index (κ2) is 15.8. The maximum Gasteiger partial charge on any atom is 0.274 e. The number of carbonyl (C=O) groups excluding carboxylic acids is 3. The number of piperidine rings is 1. The second-order valence-corrected chi connectivity index (χ2v) is 12.0. The Balaban J connectivity index is 1.59. The van der Waals surface area contributed by atoms with Gasteiger partial charge >= 0.3 is 0 Å². The van der Waals surface area contributed by atoms with E-state index in [0.29, 0.717) is 49.2 Å². The predicted molar refractivity (Wildman–Crippen MR) is 167 cm³/mol. The number of carbonyl (C=O) groups is 3. The number of nitrogens with zero attached hydrogens (tertiary/aromatic N) is 4. The summed E-state index contributed by atoms with van der Waals surface area (Å²) in [6, 6.07) is 8.28. The van der Waals surface area contributed by atoms with Crippen LogP contribution in [0.15, 0.2) is 55.0 Å². The second-order valence-electron chi connectivity index (χ2n) is 12.0. The van der Waals surface area contributed by atoms with Crippen LogP contribution in [-0.2, 0) is 6.42 Å². The molecule has 4 rings (SSSR count). The summed E-state index contributed by atoms with van der Waals surface area (Å²) in [7, 11) is 0. The quantitative estimate of drug-likeness (QED) is 0.247. The van der Waals surface area contributed by atoms with Crippen molar-refractivity contribution in [3.63, 3.8) is 0 Å². The minimum Gasteiger partial charge on any atom is -0.392 e. The molecule has 1 N–H and O–H groups in total. The first-order chi connectivity index (χ1) is 21.6. The normalized spacial score (nSPS) is 16.2. The number of rotatable bonds is 13. The largest absolute Gasteiger partial charge is 0.392 e. The molecule has 8 nitrogen and oxygen atoms in total. The molecule has 0 saturated carbocycles. The van der Waals surface area contributed by atoms with Crippen molar-refractivity contribution in [1.82, 2.24) is 19.8 Å². The first-order valence-corrected chi connectivity index (χ1v) is 15.7. The topological polar surface area (TPSA) is 104 Å². The molecule has 1 aliphatic rings. The van der Waals surface area contributed by atoms with Gasteiger partial charge in [0, 0.05) is 68.1 Å². The van der Waals surface area contributed by atoms with E-state index in [9.17, 15) is 28.3 Å². The Morgan fingerprint density at radius 2 is 1.69 bits per heavy atom. The van der Waals surface area contributed by atoms with Crippen LogP contribution in [0.25, 0.3) is 0 Å². The van der Waals surface area contributed by atoms with Crippen LogP contribution in [0.3, 0.4) is 0 Å². The fourth-order valence-corrected chi connectivity index (χ4v) is 6.24. The van der Waals surface area contributed by atoms with Gasteiger partial charge in [0.15, 0.2) is 5.78 Å². The van der Waals surface area contributed by atoms with E-state index in [2.05, 4.69) is 9.97 Å². The van der Waals surface area contributed by atoms with E-state index in [1.54, 1.807) is 28.0 Å². The smallest absolute Gasteiger partial charge is 0.274 e. The average molecular weight is 621 g/mol. The van der Waals surface area contributed by atoms with Gasteiger partial charge in [-0.15, -0.1) is 0 Å². The summed E-state index contributed by atoms with van der Waals surface area (Å²) in [4.78, 5) is 51.7. The predicted octanol–water partition coefficient (Wildman–Crippen LogP) is 5.67. The Kier molecular flexibility index (Phi) is 11.9. The van der Waals surface area contributed by atoms with E-state index in [1.165, 1.54) is 30.7 Å². The lowest BCUT2D eigenvalue weighted by Gasteiger charge is -2.37. The number of aryl methyl sites for hydroxylation is 1. The zero-order valence-electron chi connectivity index (χ0n) is 26.2. The average Bonchev–Trinajstić information content (AvgIpc) is 3.03. The molecular formula is C35H42F2N4O4. The summed E-state index contributed by atoms with van der Waals surface area (Å²) < 4.78 is 28.3. The lowest BCUT2D eigenvalue weighted by atomic mass is 9.79. The fourth-order valence-electron chi connectivity index (χ4n) is 6.24. The molecule has 1 aromatic heterocycles. The maximum absolute atomic E-state index is 14.1. The first-order valence-electron chi connectivity index (χ1n) is 15.7. The number of halogens is 2. The Morgan fingerprint density at radius 1 is 1.00 bits per heavy atom. The molecule has 0 aliphatic carbocycles. The molecule has 45 heavy (non-hydrogen) atoms. The van der Waals surface area contributed by atoms with Gasteiger partial charge in [-0.3, -0.25) is 19.4 Å². The highest BCUT2D eigenvalue weighted by molar-refractivity contribution is 6.01. The number of aliphatic hydroxyl groups excluding tert-OH is 1. The van der Waals surface area contributed by atoms with E-state index < -0.39 is 23.7 Å². The number of benzene rings is 2. The molecular weight excluding hydrogens is 578 g/mol. The van der Waals surface area contributed by atoms with Crippen LogP contribution in [0.5, 0.6) is 0 Å². The number of aromatic nitrogens is 2. The van der Waals surface area contributed by atoms with E-state index in [1.807, 2.05) is 20.8 Å². The van der Waals surface area contributed by atoms with Crippen LogP contribution in [0, 0.1) is 30.4 Å². The van der Waals surface area contributed by atoms with Crippen LogP contribution in [0.1, 0.15) is 88.3 Å². The third-order valence-corrected chi connectivity index (χ3v) is 8.28. The molecule has 0 spiro atoms. The lowest BCUT2D eigenvalue weighted by Crippen LogP contribution is -2.46.